The van der Waals surface area contributed by atoms with E-state index in [9.17, 15) is 14.4 Å². The summed E-state index contributed by atoms with van der Waals surface area (Å²) in [6.45, 7) is 9.19. The zero-order valence-corrected chi connectivity index (χ0v) is 17.2. The van der Waals surface area contributed by atoms with Gasteiger partial charge in [-0.15, -0.1) is 11.3 Å². The van der Waals surface area contributed by atoms with Crippen LogP contribution in [0.2, 0.25) is 0 Å². The van der Waals surface area contributed by atoms with E-state index in [1.54, 1.807) is 11.3 Å². The van der Waals surface area contributed by atoms with Crippen LogP contribution in [0.5, 0.6) is 0 Å². The summed E-state index contributed by atoms with van der Waals surface area (Å²) in [5.41, 5.74) is 3.31. The van der Waals surface area contributed by atoms with E-state index in [2.05, 4.69) is 5.32 Å². The van der Waals surface area contributed by atoms with Crippen molar-refractivity contribution in [3.8, 4) is 0 Å². The third kappa shape index (κ3) is 5.76. The van der Waals surface area contributed by atoms with Crippen LogP contribution >= 0.6 is 11.3 Å². The minimum absolute atomic E-state index is 0.0474. The van der Waals surface area contributed by atoms with Crippen molar-refractivity contribution >= 4 is 34.7 Å². The Hall–Kier alpha value is -2.47. The number of amides is 1. The number of carbonyl (C=O) groups excluding carboxylic acids is 3. The zero-order chi connectivity index (χ0) is 20.1. The second-order valence-electron chi connectivity index (χ2n) is 6.69. The van der Waals surface area contributed by atoms with E-state index in [1.807, 2.05) is 52.0 Å². The third-order valence-corrected chi connectivity index (χ3v) is 5.19. The number of aryl methyl sites for hydroxylation is 4. The maximum Gasteiger partial charge on any atom is 0.307 e. The Labute approximate surface area is 163 Å². The molecule has 0 saturated carbocycles. The van der Waals surface area contributed by atoms with Crippen molar-refractivity contribution in [2.24, 2.45) is 0 Å². The fourth-order valence-corrected chi connectivity index (χ4v) is 3.61. The number of benzene rings is 1. The van der Waals surface area contributed by atoms with E-state index in [0.717, 1.165) is 20.9 Å². The Bertz CT molecular complexity index is 869. The van der Waals surface area contributed by atoms with Crippen LogP contribution in [0.15, 0.2) is 24.3 Å². The molecule has 0 aliphatic carbocycles. The van der Waals surface area contributed by atoms with Crippen LogP contribution in [0.4, 0.5) is 5.69 Å². The summed E-state index contributed by atoms with van der Waals surface area (Å²) >= 11 is 1.56. The largest absolute Gasteiger partial charge is 0.453 e. The van der Waals surface area contributed by atoms with Gasteiger partial charge in [0.15, 0.2) is 11.9 Å². The molecule has 144 valence electrons. The number of ether oxygens (including phenoxy) is 1. The van der Waals surface area contributed by atoms with Crippen molar-refractivity contribution in [3.63, 3.8) is 0 Å². The molecule has 27 heavy (non-hydrogen) atoms. The van der Waals surface area contributed by atoms with Crippen LogP contribution in [0.3, 0.4) is 0 Å². The molecule has 0 aliphatic heterocycles. The molecule has 0 spiro atoms. The normalized spacial score (nSPS) is 11.7. The molecule has 2 rings (SSSR count). The number of carbonyl (C=O) groups is 3. The maximum absolute atomic E-state index is 12.3. The molecule has 1 N–H and O–H groups in total. The Morgan fingerprint density at radius 1 is 1.07 bits per heavy atom. The first-order valence-corrected chi connectivity index (χ1v) is 9.67. The van der Waals surface area contributed by atoms with Gasteiger partial charge in [0.2, 0.25) is 0 Å². The van der Waals surface area contributed by atoms with Gasteiger partial charge in [-0.25, -0.2) is 0 Å². The van der Waals surface area contributed by atoms with E-state index in [-0.39, 0.29) is 18.6 Å². The topological polar surface area (TPSA) is 72.5 Å². The van der Waals surface area contributed by atoms with Crippen LogP contribution in [0.1, 0.15) is 51.0 Å². The smallest absolute Gasteiger partial charge is 0.307 e. The van der Waals surface area contributed by atoms with Gasteiger partial charge in [0.1, 0.15) is 0 Å². The SMILES string of the molecule is Cc1ccc(C)c(NC(=O)[C@@H](C)OC(=O)CCC(=O)c2cc(C)sc2C)c1. The summed E-state index contributed by atoms with van der Waals surface area (Å²) in [5.74, 6) is -1.04. The summed E-state index contributed by atoms with van der Waals surface area (Å²) in [4.78, 5) is 38.5. The number of nitrogens with one attached hydrogen (secondary N) is 1. The van der Waals surface area contributed by atoms with E-state index >= 15 is 0 Å². The summed E-state index contributed by atoms with van der Waals surface area (Å²) < 4.78 is 5.18. The monoisotopic (exact) mass is 387 g/mol. The van der Waals surface area contributed by atoms with Crippen LogP contribution in [0.25, 0.3) is 0 Å². The average molecular weight is 388 g/mol. The van der Waals surface area contributed by atoms with Gasteiger partial charge in [0, 0.05) is 27.4 Å². The predicted molar refractivity (Wildman–Crippen MR) is 107 cm³/mol. The fourth-order valence-electron chi connectivity index (χ4n) is 2.67. The number of hydrogen-bond donors (Lipinski definition) is 1. The summed E-state index contributed by atoms with van der Waals surface area (Å²) in [6.07, 6.45) is -0.909. The molecule has 5 nitrogen and oxygen atoms in total. The highest BCUT2D eigenvalue weighted by Crippen LogP contribution is 2.22. The van der Waals surface area contributed by atoms with Crippen LogP contribution in [0, 0.1) is 27.7 Å². The Morgan fingerprint density at radius 3 is 2.41 bits per heavy atom. The van der Waals surface area contributed by atoms with Crippen molar-refractivity contribution in [1.82, 2.24) is 0 Å². The quantitative estimate of drug-likeness (QED) is 0.560. The Balaban J connectivity index is 1.85. The molecule has 1 aromatic carbocycles. The van der Waals surface area contributed by atoms with Crippen LogP contribution in [-0.2, 0) is 14.3 Å². The lowest BCUT2D eigenvalue weighted by molar-refractivity contribution is -0.153. The molecule has 0 radical (unpaired) electrons. The standard InChI is InChI=1S/C21H25NO4S/c1-12-6-7-13(2)18(10-12)22-21(25)15(4)26-20(24)9-8-19(23)17-11-14(3)27-16(17)5/h6-7,10-11,15H,8-9H2,1-5H3,(H,22,25)/t15-/m1/s1. The molecular formula is C21H25NO4S. The fraction of sp³-hybridized carbons (Fsp3) is 0.381. The highest BCUT2D eigenvalue weighted by Gasteiger charge is 2.20. The summed E-state index contributed by atoms with van der Waals surface area (Å²) in [7, 11) is 0. The van der Waals surface area contributed by atoms with Crippen molar-refractivity contribution < 1.29 is 19.1 Å². The summed E-state index contributed by atoms with van der Waals surface area (Å²) in [6, 6.07) is 7.59. The molecular weight excluding hydrogens is 362 g/mol. The first-order valence-electron chi connectivity index (χ1n) is 8.85. The minimum atomic E-state index is -0.933. The van der Waals surface area contributed by atoms with Gasteiger partial charge in [0.05, 0.1) is 6.42 Å². The van der Waals surface area contributed by atoms with Crippen molar-refractivity contribution in [1.29, 1.82) is 0 Å². The molecule has 2 aromatic rings. The second kappa shape index (κ2) is 8.95. The van der Waals surface area contributed by atoms with Gasteiger partial charge < -0.3 is 10.1 Å². The number of ketones is 1. The lowest BCUT2D eigenvalue weighted by atomic mass is 10.1. The van der Waals surface area contributed by atoms with Gasteiger partial charge >= 0.3 is 5.97 Å². The highest BCUT2D eigenvalue weighted by atomic mass is 32.1. The highest BCUT2D eigenvalue weighted by molar-refractivity contribution is 7.12. The predicted octanol–water partition coefficient (Wildman–Crippen LogP) is 4.52. The van der Waals surface area contributed by atoms with Gasteiger partial charge in [-0.2, -0.15) is 0 Å². The molecule has 6 heteroatoms. The molecule has 1 amide bonds. The third-order valence-electron chi connectivity index (χ3n) is 4.23. The number of Topliss-reactive ketones (excluding diaryl/α,β-unsaturated/α-hetero) is 1. The van der Waals surface area contributed by atoms with Crippen LogP contribution < -0.4 is 5.32 Å². The molecule has 0 bridgehead atoms. The van der Waals surface area contributed by atoms with E-state index < -0.39 is 18.0 Å². The first kappa shape index (κ1) is 20.8. The first-order chi connectivity index (χ1) is 12.7. The number of esters is 1. The minimum Gasteiger partial charge on any atom is -0.453 e. The van der Waals surface area contributed by atoms with Crippen molar-refractivity contribution in [2.75, 3.05) is 5.32 Å². The van der Waals surface area contributed by atoms with Gasteiger partial charge in [-0.05, 0) is 57.9 Å². The molecule has 0 aliphatic rings. The molecule has 1 aromatic heterocycles. The lowest BCUT2D eigenvalue weighted by Gasteiger charge is -2.15. The van der Waals surface area contributed by atoms with Gasteiger partial charge in [-0.1, -0.05) is 12.1 Å². The molecule has 0 saturated heterocycles. The number of anilines is 1. The number of hydrogen-bond acceptors (Lipinski definition) is 5. The molecule has 1 atom stereocenters. The van der Waals surface area contributed by atoms with Crippen molar-refractivity contribution in [2.45, 2.75) is 53.6 Å². The Kier molecular flexibility index (Phi) is 6.91. The Morgan fingerprint density at radius 2 is 1.78 bits per heavy atom. The number of thiophene rings is 1. The molecule has 1 heterocycles. The van der Waals surface area contributed by atoms with Gasteiger partial charge in [0.25, 0.3) is 5.91 Å². The molecule has 0 fully saturated rings. The maximum atomic E-state index is 12.3. The average Bonchev–Trinajstić information content (AvgIpc) is 2.94. The lowest BCUT2D eigenvalue weighted by Crippen LogP contribution is -2.30. The number of rotatable bonds is 7. The van der Waals surface area contributed by atoms with Gasteiger partial charge in [-0.3, -0.25) is 14.4 Å². The summed E-state index contributed by atoms with van der Waals surface area (Å²) in [5, 5.41) is 2.78. The van der Waals surface area contributed by atoms with Crippen LogP contribution in [-0.4, -0.2) is 23.8 Å². The van der Waals surface area contributed by atoms with E-state index in [0.29, 0.717) is 11.3 Å². The van der Waals surface area contributed by atoms with E-state index in [1.165, 1.54) is 6.92 Å². The zero-order valence-electron chi connectivity index (χ0n) is 16.3. The molecule has 0 unspecified atom stereocenters. The van der Waals surface area contributed by atoms with E-state index in [4.69, 9.17) is 4.74 Å². The second-order valence-corrected chi connectivity index (χ2v) is 8.15. The van der Waals surface area contributed by atoms with Crippen molar-refractivity contribution in [3.05, 3.63) is 50.7 Å².